The molecule has 0 aliphatic carbocycles. The highest BCUT2D eigenvalue weighted by Crippen LogP contribution is 2.36. The van der Waals surface area contributed by atoms with Gasteiger partial charge in [-0.2, -0.15) is 5.10 Å². The second-order valence-electron chi connectivity index (χ2n) is 4.92. The number of thiophene rings is 1. The van der Waals surface area contributed by atoms with E-state index in [2.05, 4.69) is 31.0 Å². The number of aromatic nitrogens is 3. The Bertz CT molecular complexity index is 601. The number of nitrogens with one attached hydrogen (secondary N) is 1. The number of hydrogen-bond donors (Lipinski definition) is 1. The summed E-state index contributed by atoms with van der Waals surface area (Å²) in [5, 5.41) is 9.93. The van der Waals surface area contributed by atoms with E-state index in [1.165, 1.54) is 0 Å². The van der Waals surface area contributed by atoms with E-state index < -0.39 is 0 Å². The highest BCUT2D eigenvalue weighted by Gasteiger charge is 2.23. The molecule has 6 heteroatoms. The molecule has 0 unspecified atom stereocenters. The molecule has 0 radical (unpaired) electrons. The molecule has 0 saturated carbocycles. The average Bonchev–Trinajstić information content (AvgIpc) is 2.71. The lowest BCUT2D eigenvalue weighted by Crippen LogP contribution is -2.22. The van der Waals surface area contributed by atoms with Gasteiger partial charge in [-0.1, -0.05) is 11.6 Å². The zero-order valence-corrected chi connectivity index (χ0v) is 12.6. The fraction of sp³-hybridized carbons (Fsp3) is 0.455. The van der Waals surface area contributed by atoms with Crippen LogP contribution in [0.3, 0.4) is 0 Å². The van der Waals surface area contributed by atoms with E-state index in [1.54, 1.807) is 11.3 Å². The van der Waals surface area contributed by atoms with Crippen LogP contribution in [0.5, 0.6) is 0 Å². The summed E-state index contributed by atoms with van der Waals surface area (Å²) in [6, 6.07) is 0. The first-order valence-corrected chi connectivity index (χ1v) is 6.91. The van der Waals surface area contributed by atoms with E-state index in [9.17, 15) is 0 Å². The number of H-pyrrole nitrogens is 1. The maximum Gasteiger partial charge on any atom is 0.195 e. The normalized spacial score (nSPS) is 12.1. The van der Waals surface area contributed by atoms with Crippen LogP contribution in [0.2, 0.25) is 5.02 Å². The molecular formula is C11H14ClN3S2. The SMILES string of the molecule is Cc1csc(-c2n[nH]c(=S)n2C(C)(C)C)c1Cl. The zero-order valence-electron chi connectivity index (χ0n) is 10.2. The van der Waals surface area contributed by atoms with Gasteiger partial charge in [0.05, 0.1) is 9.90 Å². The van der Waals surface area contributed by atoms with Crippen molar-refractivity contribution in [3.63, 3.8) is 0 Å². The topological polar surface area (TPSA) is 33.6 Å². The van der Waals surface area contributed by atoms with Crippen molar-refractivity contribution in [1.82, 2.24) is 14.8 Å². The lowest BCUT2D eigenvalue weighted by atomic mass is 10.1. The van der Waals surface area contributed by atoms with E-state index in [0.717, 1.165) is 21.3 Å². The average molecular weight is 288 g/mol. The van der Waals surface area contributed by atoms with Gasteiger partial charge >= 0.3 is 0 Å². The number of aryl methyl sites for hydroxylation is 1. The number of aromatic amines is 1. The minimum Gasteiger partial charge on any atom is -0.294 e. The monoisotopic (exact) mass is 287 g/mol. The molecule has 0 aliphatic rings. The van der Waals surface area contributed by atoms with Gasteiger partial charge in [0, 0.05) is 5.54 Å². The molecule has 0 aromatic carbocycles. The molecule has 0 bridgehead atoms. The third kappa shape index (κ3) is 2.19. The fourth-order valence-electron chi connectivity index (χ4n) is 1.65. The van der Waals surface area contributed by atoms with Gasteiger partial charge in [0.15, 0.2) is 10.6 Å². The third-order valence-electron chi connectivity index (χ3n) is 2.45. The van der Waals surface area contributed by atoms with Gasteiger partial charge in [-0.25, -0.2) is 0 Å². The zero-order chi connectivity index (χ0) is 12.8. The van der Waals surface area contributed by atoms with Crippen molar-refractivity contribution in [3.05, 3.63) is 20.7 Å². The number of hydrogen-bond acceptors (Lipinski definition) is 3. The summed E-state index contributed by atoms with van der Waals surface area (Å²) in [5.74, 6) is 0.811. The second-order valence-corrected chi connectivity index (χ2v) is 6.56. The predicted octanol–water partition coefficient (Wildman–Crippen LogP) is 4.39. The number of nitrogens with zero attached hydrogens (tertiary/aromatic N) is 2. The van der Waals surface area contributed by atoms with E-state index in [0.29, 0.717) is 4.77 Å². The second kappa shape index (κ2) is 4.23. The molecule has 0 fully saturated rings. The standard InChI is InChI=1S/C11H14ClN3S2/c1-6-5-17-8(7(6)12)9-13-14-10(16)15(9)11(2,3)4/h5H,1-4H3,(H,14,16). The molecule has 92 valence electrons. The first-order chi connectivity index (χ1) is 7.82. The highest BCUT2D eigenvalue weighted by atomic mass is 35.5. The molecule has 0 spiro atoms. The van der Waals surface area contributed by atoms with Crippen LogP contribution >= 0.6 is 35.2 Å². The first kappa shape index (κ1) is 12.8. The Kier molecular flexibility index (Phi) is 3.18. The van der Waals surface area contributed by atoms with Crippen LogP contribution < -0.4 is 0 Å². The van der Waals surface area contributed by atoms with Crippen molar-refractivity contribution in [2.75, 3.05) is 0 Å². The molecule has 0 saturated heterocycles. The molecule has 2 rings (SSSR count). The number of rotatable bonds is 1. The predicted molar refractivity (Wildman–Crippen MR) is 75.5 cm³/mol. The summed E-state index contributed by atoms with van der Waals surface area (Å²) in [6.07, 6.45) is 0. The van der Waals surface area contributed by atoms with Crippen molar-refractivity contribution in [2.45, 2.75) is 33.2 Å². The Hall–Kier alpha value is -0.650. The van der Waals surface area contributed by atoms with Gasteiger partial charge in [-0.15, -0.1) is 11.3 Å². The first-order valence-electron chi connectivity index (χ1n) is 5.24. The van der Waals surface area contributed by atoms with Crippen molar-refractivity contribution in [2.24, 2.45) is 0 Å². The maximum atomic E-state index is 6.28. The molecule has 2 aromatic rings. The Labute approximate surface area is 114 Å². The highest BCUT2D eigenvalue weighted by molar-refractivity contribution is 7.71. The molecular weight excluding hydrogens is 274 g/mol. The van der Waals surface area contributed by atoms with Crippen LogP contribution in [-0.2, 0) is 5.54 Å². The summed E-state index contributed by atoms with van der Waals surface area (Å²) >= 11 is 13.2. The lowest BCUT2D eigenvalue weighted by Gasteiger charge is -2.22. The summed E-state index contributed by atoms with van der Waals surface area (Å²) < 4.78 is 2.62. The quantitative estimate of drug-likeness (QED) is 0.790. The fourth-order valence-corrected chi connectivity index (χ4v) is 3.31. The van der Waals surface area contributed by atoms with Crippen molar-refractivity contribution >= 4 is 35.2 Å². The Balaban J connectivity index is 2.70. The van der Waals surface area contributed by atoms with Crippen LogP contribution in [0, 0.1) is 11.7 Å². The van der Waals surface area contributed by atoms with Crippen LogP contribution in [0.1, 0.15) is 26.3 Å². The van der Waals surface area contributed by atoms with Crippen molar-refractivity contribution in [3.8, 4) is 10.7 Å². The smallest absolute Gasteiger partial charge is 0.195 e. The molecule has 0 aliphatic heterocycles. The van der Waals surface area contributed by atoms with E-state index in [4.69, 9.17) is 23.8 Å². The van der Waals surface area contributed by atoms with Crippen LogP contribution in [0.15, 0.2) is 5.38 Å². The molecule has 17 heavy (non-hydrogen) atoms. The van der Waals surface area contributed by atoms with Crippen LogP contribution in [-0.4, -0.2) is 14.8 Å². The number of halogens is 1. The summed E-state index contributed by atoms with van der Waals surface area (Å²) in [4.78, 5) is 0.964. The van der Waals surface area contributed by atoms with Gasteiger partial charge in [0.25, 0.3) is 0 Å². The summed E-state index contributed by atoms with van der Waals surface area (Å²) in [5.41, 5.74) is 0.946. The van der Waals surface area contributed by atoms with Crippen LogP contribution in [0.4, 0.5) is 0 Å². The Morgan fingerprint density at radius 1 is 1.47 bits per heavy atom. The van der Waals surface area contributed by atoms with Gasteiger partial charge in [0.2, 0.25) is 0 Å². The van der Waals surface area contributed by atoms with Gasteiger partial charge in [-0.3, -0.25) is 9.67 Å². The molecule has 1 N–H and O–H groups in total. The molecule has 2 heterocycles. The maximum absolute atomic E-state index is 6.28. The molecule has 0 amide bonds. The van der Waals surface area contributed by atoms with E-state index in [-0.39, 0.29) is 5.54 Å². The Morgan fingerprint density at radius 2 is 2.12 bits per heavy atom. The van der Waals surface area contributed by atoms with Gasteiger partial charge in [0.1, 0.15) is 0 Å². The largest absolute Gasteiger partial charge is 0.294 e. The van der Waals surface area contributed by atoms with Crippen molar-refractivity contribution < 1.29 is 0 Å². The summed E-state index contributed by atoms with van der Waals surface area (Å²) in [6.45, 7) is 8.27. The third-order valence-corrected chi connectivity index (χ3v) is 4.41. The minimum absolute atomic E-state index is 0.124. The lowest BCUT2D eigenvalue weighted by molar-refractivity contribution is 0.396. The van der Waals surface area contributed by atoms with Crippen LogP contribution in [0.25, 0.3) is 10.7 Å². The Morgan fingerprint density at radius 3 is 2.59 bits per heavy atom. The molecule has 3 nitrogen and oxygen atoms in total. The van der Waals surface area contributed by atoms with E-state index >= 15 is 0 Å². The van der Waals surface area contributed by atoms with Gasteiger partial charge in [-0.05, 0) is 50.9 Å². The summed E-state index contributed by atoms with van der Waals surface area (Å²) in [7, 11) is 0. The van der Waals surface area contributed by atoms with Crippen molar-refractivity contribution in [1.29, 1.82) is 0 Å². The molecule has 0 atom stereocenters. The van der Waals surface area contributed by atoms with Gasteiger partial charge < -0.3 is 0 Å². The molecule has 2 aromatic heterocycles. The van der Waals surface area contributed by atoms with E-state index in [1.807, 2.05) is 16.9 Å². The minimum atomic E-state index is -0.124.